The average Bonchev–Trinajstić information content (AvgIpc) is 3.05. The summed E-state index contributed by atoms with van der Waals surface area (Å²) in [7, 11) is 2.21. The molecule has 0 aliphatic carbocycles. The van der Waals surface area contributed by atoms with E-state index in [9.17, 15) is 24.0 Å². The monoisotopic (exact) mass is 475 g/mol. The minimum Gasteiger partial charge on any atom is -0.452 e. The second-order valence-electron chi connectivity index (χ2n) is 6.68. The second-order valence-corrected chi connectivity index (χ2v) is 7.11. The molecule has 1 aliphatic heterocycles. The molecule has 1 aromatic carbocycles. The summed E-state index contributed by atoms with van der Waals surface area (Å²) in [5.74, 6) is -1.52. The topological polar surface area (TPSA) is 148 Å². The molecule has 2 aromatic rings. The van der Waals surface area contributed by atoms with Crippen LogP contribution in [0.3, 0.4) is 0 Å². The molecule has 0 spiro atoms. The number of ether oxygens (including phenoxy) is 2. The lowest BCUT2D eigenvalue weighted by molar-refractivity contribution is 0.0925. The average molecular weight is 476 g/mol. The number of anilines is 1. The van der Waals surface area contributed by atoms with Gasteiger partial charge in [0.25, 0.3) is 17.4 Å². The van der Waals surface area contributed by atoms with Crippen molar-refractivity contribution >= 4 is 47.0 Å². The van der Waals surface area contributed by atoms with Gasteiger partial charge in [-0.15, -0.1) is 0 Å². The van der Waals surface area contributed by atoms with E-state index in [-0.39, 0.29) is 33.8 Å². The molecule has 33 heavy (non-hydrogen) atoms. The number of nitrogens with one attached hydrogen (secondary N) is 2. The summed E-state index contributed by atoms with van der Waals surface area (Å²) in [5.41, 5.74) is 2.82. The van der Waals surface area contributed by atoms with Gasteiger partial charge in [-0.1, -0.05) is 11.6 Å². The summed E-state index contributed by atoms with van der Waals surface area (Å²) in [6.45, 7) is 2.73. The molecule has 172 valence electrons. The van der Waals surface area contributed by atoms with E-state index in [1.807, 2.05) is 0 Å². The zero-order valence-corrected chi connectivity index (χ0v) is 18.6. The Balaban J connectivity index is 2.28. The van der Waals surface area contributed by atoms with Gasteiger partial charge in [-0.05, 0) is 38.1 Å². The van der Waals surface area contributed by atoms with Crippen molar-refractivity contribution in [3.8, 4) is 0 Å². The molecule has 2 N–H and O–H groups in total. The minimum absolute atomic E-state index is 0.00677. The van der Waals surface area contributed by atoms with Crippen LogP contribution in [0.2, 0.25) is 5.02 Å². The summed E-state index contributed by atoms with van der Waals surface area (Å²) in [4.78, 5) is 64.0. The van der Waals surface area contributed by atoms with E-state index in [2.05, 4.69) is 25.4 Å². The van der Waals surface area contributed by atoms with E-state index >= 15 is 0 Å². The Bertz CT molecular complexity index is 1270. The van der Waals surface area contributed by atoms with Gasteiger partial charge in [0, 0.05) is 5.02 Å². The highest BCUT2D eigenvalue weighted by Gasteiger charge is 2.43. The van der Waals surface area contributed by atoms with Gasteiger partial charge in [0.05, 0.1) is 48.0 Å². The third-order valence-corrected chi connectivity index (χ3v) is 5.04. The molecule has 0 radical (unpaired) electrons. The van der Waals surface area contributed by atoms with Crippen molar-refractivity contribution in [2.24, 2.45) is 5.10 Å². The quantitative estimate of drug-likeness (QED) is 0.390. The van der Waals surface area contributed by atoms with Gasteiger partial charge < -0.3 is 9.47 Å². The lowest BCUT2D eigenvalue weighted by atomic mass is 10.00. The molecule has 0 saturated carbocycles. The fourth-order valence-corrected chi connectivity index (χ4v) is 3.37. The first kappa shape index (κ1) is 23.5. The number of imide groups is 1. The maximum absolute atomic E-state index is 13.4. The first-order chi connectivity index (χ1) is 15.6. The summed E-state index contributed by atoms with van der Waals surface area (Å²) in [6.07, 6.45) is -1.91. The van der Waals surface area contributed by atoms with Crippen molar-refractivity contribution in [1.29, 1.82) is 0 Å². The molecular formula is C20H18ClN5O7. The molecule has 2 heterocycles. The number of methoxy groups -OCH3 is 2. The fraction of sp³-hybridized carbons (Fsp3) is 0.200. The molecule has 0 atom stereocenters. The van der Waals surface area contributed by atoms with Crippen LogP contribution in [0.25, 0.3) is 0 Å². The van der Waals surface area contributed by atoms with Gasteiger partial charge in [-0.25, -0.2) is 30.0 Å². The van der Waals surface area contributed by atoms with E-state index in [1.165, 1.54) is 38.1 Å². The largest absolute Gasteiger partial charge is 0.452 e. The Hall–Kier alpha value is -4.19. The van der Waals surface area contributed by atoms with Crippen molar-refractivity contribution in [3.05, 3.63) is 62.0 Å². The summed E-state index contributed by atoms with van der Waals surface area (Å²) in [6, 6.07) is 5.94. The molecule has 12 nitrogen and oxygen atoms in total. The molecule has 0 fully saturated rings. The lowest BCUT2D eigenvalue weighted by Crippen LogP contribution is -2.39. The van der Waals surface area contributed by atoms with Gasteiger partial charge in [-0.2, -0.15) is 5.10 Å². The number of carbonyl (C=O) groups excluding carboxylic acids is 4. The summed E-state index contributed by atoms with van der Waals surface area (Å²) < 4.78 is 9.75. The molecular weight excluding hydrogens is 458 g/mol. The SMILES string of the molecule is COC(=O)N/N=C(\C)c1c2c(c(C)n(NC(=O)OC)c1=O)C(=O)N(c1ccc(Cl)cc1)C2=O. The van der Waals surface area contributed by atoms with Crippen molar-refractivity contribution < 1.29 is 28.7 Å². The number of aromatic nitrogens is 1. The van der Waals surface area contributed by atoms with Gasteiger partial charge in [0.1, 0.15) is 0 Å². The van der Waals surface area contributed by atoms with E-state index in [0.717, 1.165) is 23.8 Å². The molecule has 4 amide bonds. The maximum atomic E-state index is 13.4. The van der Waals surface area contributed by atoms with Gasteiger partial charge in [0.15, 0.2) is 0 Å². The molecule has 1 aliphatic rings. The van der Waals surface area contributed by atoms with E-state index in [4.69, 9.17) is 11.6 Å². The summed E-state index contributed by atoms with van der Waals surface area (Å²) >= 11 is 5.90. The number of benzene rings is 1. The number of hydrogen-bond donors (Lipinski definition) is 2. The Morgan fingerprint density at radius 3 is 2.12 bits per heavy atom. The van der Waals surface area contributed by atoms with Gasteiger partial charge >= 0.3 is 12.2 Å². The molecule has 1 aromatic heterocycles. The zero-order chi connectivity index (χ0) is 24.4. The predicted octanol–water partition coefficient (Wildman–Crippen LogP) is 2.00. The standard InChI is InChI=1S/C20H18ClN5O7/c1-9(22-23-19(30)32-3)13-15-14(10(2)26(18(13)29)24-20(31)33-4)16(27)25(17(15)28)12-7-5-11(21)6-8-12/h5-8H,1-4H3,(H,23,30)(H,24,31)/b22-9+. The number of nitrogens with zero attached hydrogens (tertiary/aromatic N) is 3. The van der Waals surface area contributed by atoms with Crippen molar-refractivity contribution in [2.75, 3.05) is 24.5 Å². The van der Waals surface area contributed by atoms with Crippen molar-refractivity contribution in [1.82, 2.24) is 10.1 Å². The van der Waals surface area contributed by atoms with Crippen LogP contribution in [0.4, 0.5) is 15.3 Å². The second kappa shape index (κ2) is 9.12. The number of hydrazone groups is 1. The highest BCUT2D eigenvalue weighted by molar-refractivity contribution is 6.37. The van der Waals surface area contributed by atoms with Crippen LogP contribution >= 0.6 is 11.6 Å². The Morgan fingerprint density at radius 1 is 0.970 bits per heavy atom. The van der Waals surface area contributed by atoms with Gasteiger partial charge in [-0.3, -0.25) is 14.4 Å². The van der Waals surface area contributed by atoms with E-state index in [0.29, 0.717) is 5.02 Å². The zero-order valence-electron chi connectivity index (χ0n) is 17.9. The molecule has 0 unspecified atom stereocenters. The van der Waals surface area contributed by atoms with Crippen molar-refractivity contribution in [3.63, 3.8) is 0 Å². The van der Waals surface area contributed by atoms with Crippen LogP contribution in [0, 0.1) is 6.92 Å². The predicted molar refractivity (Wildman–Crippen MR) is 118 cm³/mol. The number of rotatable bonds is 4. The fourth-order valence-electron chi connectivity index (χ4n) is 3.24. The Labute approximate surface area is 191 Å². The number of carbonyl (C=O) groups is 4. The van der Waals surface area contributed by atoms with Crippen molar-refractivity contribution in [2.45, 2.75) is 13.8 Å². The van der Waals surface area contributed by atoms with Crippen LogP contribution in [-0.4, -0.2) is 48.6 Å². The van der Waals surface area contributed by atoms with Crippen LogP contribution in [0.15, 0.2) is 34.2 Å². The lowest BCUT2D eigenvalue weighted by Gasteiger charge is -2.15. The number of halogens is 1. The van der Waals surface area contributed by atoms with E-state index < -0.39 is 29.6 Å². The molecule has 13 heteroatoms. The van der Waals surface area contributed by atoms with Gasteiger partial charge in [0.2, 0.25) is 0 Å². The number of hydrogen-bond acceptors (Lipinski definition) is 8. The van der Waals surface area contributed by atoms with Crippen LogP contribution in [-0.2, 0) is 9.47 Å². The minimum atomic E-state index is -0.986. The number of amides is 4. The van der Waals surface area contributed by atoms with Crippen LogP contribution in [0.1, 0.15) is 38.9 Å². The summed E-state index contributed by atoms with van der Waals surface area (Å²) in [5, 5.41) is 4.17. The van der Waals surface area contributed by atoms with Crippen LogP contribution < -0.4 is 21.3 Å². The normalized spacial score (nSPS) is 13.0. The molecule has 0 saturated heterocycles. The molecule has 0 bridgehead atoms. The Kier molecular flexibility index (Phi) is 6.49. The first-order valence-electron chi connectivity index (χ1n) is 9.29. The van der Waals surface area contributed by atoms with Crippen LogP contribution in [0.5, 0.6) is 0 Å². The highest BCUT2D eigenvalue weighted by atomic mass is 35.5. The number of pyridine rings is 1. The maximum Gasteiger partial charge on any atom is 0.427 e. The molecule has 3 rings (SSSR count). The van der Waals surface area contributed by atoms with E-state index in [1.54, 1.807) is 0 Å². The third kappa shape index (κ3) is 4.15. The highest BCUT2D eigenvalue weighted by Crippen LogP contribution is 2.32. The third-order valence-electron chi connectivity index (χ3n) is 4.78. The Morgan fingerprint density at radius 2 is 1.55 bits per heavy atom. The first-order valence-corrected chi connectivity index (χ1v) is 9.67. The number of fused-ring (bicyclic) bond motifs is 1. The smallest absolute Gasteiger partial charge is 0.427 e.